The van der Waals surface area contributed by atoms with Gasteiger partial charge in [0.15, 0.2) is 0 Å². The zero-order valence-electron chi connectivity index (χ0n) is 31.5. The summed E-state index contributed by atoms with van der Waals surface area (Å²) < 4.78 is 0. The number of rotatable bonds is 6. The van der Waals surface area contributed by atoms with Gasteiger partial charge in [-0.25, -0.2) is 4.79 Å². The predicted octanol–water partition coefficient (Wildman–Crippen LogP) is 14.3. The summed E-state index contributed by atoms with van der Waals surface area (Å²) in [5.41, 5.74) is 7.98. The van der Waals surface area contributed by atoms with Gasteiger partial charge in [-0.1, -0.05) is 131 Å². The molecule has 0 aromatic rings. The summed E-state index contributed by atoms with van der Waals surface area (Å²) in [4.78, 5) is 10.2. The molecule has 7 rings (SSSR count). The number of hydrogen-bond acceptors (Lipinski definition) is 2. The molecule has 50 heavy (non-hydrogen) atoms. The second-order valence-electron chi connectivity index (χ2n) is 16.7. The Labute approximate surface area is 328 Å². The van der Waals surface area contributed by atoms with Gasteiger partial charge < -0.3 is 0 Å². The van der Waals surface area contributed by atoms with Gasteiger partial charge in [0, 0.05) is 25.1 Å². The first-order valence-corrected chi connectivity index (χ1v) is 25.0. The maximum Gasteiger partial charge on any atom is 0.129 e. The number of nitrogens with zero attached hydrogens (tertiary/aromatic N) is 1. The Kier molecular flexibility index (Phi) is 21.1. The molecule has 0 aromatic carbocycles. The summed E-state index contributed by atoms with van der Waals surface area (Å²) in [7, 11) is 0.770. The van der Waals surface area contributed by atoms with Gasteiger partial charge in [-0.05, 0) is 129 Å². The van der Waals surface area contributed by atoms with Crippen molar-refractivity contribution in [1.29, 1.82) is 5.26 Å². The molecular formula is C44H70ClNOP2Ru. The first-order valence-electron chi connectivity index (χ1n) is 21.4. The molecule has 0 aliphatic heterocycles. The van der Waals surface area contributed by atoms with E-state index < -0.39 is 5.38 Å². The van der Waals surface area contributed by atoms with E-state index in [1.807, 2.05) is 6.07 Å². The molecule has 0 N–H and O–H groups in total. The molecule has 1 atom stereocenters. The Morgan fingerprint density at radius 1 is 0.480 bits per heavy atom. The van der Waals surface area contributed by atoms with E-state index in [1.165, 1.54) is 84.6 Å². The molecule has 1 unspecified atom stereocenters. The average Bonchev–Trinajstić information content (AvgIpc) is 3.18. The molecule has 0 radical (unpaired) electrons. The molecule has 0 spiro atoms. The summed E-state index contributed by atoms with van der Waals surface area (Å²) in [5.74, 6) is 1.69. The van der Waals surface area contributed by atoms with Crippen molar-refractivity contribution in [1.82, 2.24) is 0 Å². The van der Waals surface area contributed by atoms with Crippen LogP contribution in [0.3, 0.4) is 0 Å². The molecule has 0 aromatic heterocycles. The molecule has 7 aliphatic carbocycles. The second-order valence-corrected chi connectivity index (χ2v) is 23.3. The summed E-state index contributed by atoms with van der Waals surface area (Å²) in [6.45, 7) is 0. The quantitative estimate of drug-likeness (QED) is 0.116. The zero-order chi connectivity index (χ0) is 34.1. The van der Waals surface area contributed by atoms with E-state index >= 15 is 0 Å². The van der Waals surface area contributed by atoms with Crippen molar-refractivity contribution in [2.45, 2.75) is 232 Å². The van der Waals surface area contributed by atoms with E-state index in [1.54, 1.807) is 166 Å². The molecule has 0 amide bonds. The fourth-order valence-corrected chi connectivity index (χ4v) is 20.4. The number of allylic oxidation sites excluding steroid dienone is 5. The van der Waals surface area contributed by atoms with Crippen LogP contribution < -0.4 is 0 Å². The van der Waals surface area contributed by atoms with Crippen LogP contribution in [0.1, 0.15) is 193 Å². The van der Waals surface area contributed by atoms with Crippen molar-refractivity contribution in [2.75, 3.05) is 0 Å². The molecule has 6 heteroatoms. The Bertz CT molecular complexity index is 954. The molecule has 282 valence electrons. The third-order valence-corrected chi connectivity index (χ3v) is 21.8. The molecule has 6 saturated carbocycles. The summed E-state index contributed by atoms with van der Waals surface area (Å²) in [6.07, 6.45) is 51.8. The van der Waals surface area contributed by atoms with Crippen molar-refractivity contribution in [2.24, 2.45) is 0 Å². The Morgan fingerprint density at radius 3 is 0.940 bits per heavy atom. The maximum atomic E-state index is 10.2. The minimum atomic E-state index is -0.507. The van der Waals surface area contributed by atoms with Crippen LogP contribution in [0.15, 0.2) is 29.4 Å². The minimum Gasteiger partial charge on any atom is -0.233 e. The first kappa shape index (κ1) is 42.9. The van der Waals surface area contributed by atoms with E-state index in [-0.39, 0.29) is 19.5 Å². The van der Waals surface area contributed by atoms with Crippen molar-refractivity contribution in [3.63, 3.8) is 0 Å². The number of nitriles is 1. The Balaban J connectivity index is 0.000000174. The van der Waals surface area contributed by atoms with Gasteiger partial charge in [0.2, 0.25) is 0 Å². The molecule has 6 fully saturated rings. The van der Waals surface area contributed by atoms with Crippen molar-refractivity contribution >= 4 is 33.4 Å². The number of hydrogen-bond donors (Lipinski definition) is 0. The predicted molar refractivity (Wildman–Crippen MR) is 217 cm³/mol. The van der Waals surface area contributed by atoms with E-state index in [4.69, 9.17) is 16.9 Å². The molecule has 2 nitrogen and oxygen atoms in total. The Morgan fingerprint density at radius 2 is 0.740 bits per heavy atom. The van der Waals surface area contributed by atoms with Crippen molar-refractivity contribution in [3.05, 3.63) is 29.4 Å². The second kappa shape index (κ2) is 24.6. The SMILES string of the molecule is C1CCC(P(C2CCCCC2)C2CCCCC2)CC1.C1CCC(P(C2CCCCC2)C2CCCCC2)CC1.N#CC1=CC(Cl)C(=C=O)C=C1.[Ru]. The third kappa shape index (κ3) is 13.5. The normalized spacial score (nSPS) is 26.8. The molecular weight excluding hydrogens is 757 g/mol. The van der Waals surface area contributed by atoms with Crippen LogP contribution in [0.5, 0.6) is 0 Å². The van der Waals surface area contributed by atoms with E-state index in [0.717, 1.165) is 0 Å². The fourth-order valence-electron chi connectivity index (χ4n) is 10.8. The number of carbonyl (C=O) groups excluding carboxylic acids is 1. The van der Waals surface area contributed by atoms with E-state index in [2.05, 4.69) is 0 Å². The fraction of sp³-hybridized carbons (Fsp3) is 0.841. The maximum absolute atomic E-state index is 10.2. The summed E-state index contributed by atoms with van der Waals surface area (Å²) in [6, 6.07) is 1.93. The van der Waals surface area contributed by atoms with Crippen molar-refractivity contribution in [3.8, 4) is 6.07 Å². The molecule has 0 heterocycles. The smallest absolute Gasteiger partial charge is 0.129 e. The van der Waals surface area contributed by atoms with Crippen LogP contribution in [0.4, 0.5) is 0 Å². The third-order valence-electron chi connectivity index (χ3n) is 13.3. The van der Waals surface area contributed by atoms with Crippen LogP contribution >= 0.6 is 27.4 Å². The number of halogens is 1. The standard InChI is InChI=1S/2C18H33P.C8H4ClNO.Ru/c2*1-4-10-16(11-5-1)19(17-12-6-2-7-13-17)18-14-8-3-9-15-18;9-8-3-6(4-10)1-2-7(8)5-11;/h2*16-18H,1-15H2;1-3,8H;. The zero-order valence-corrected chi connectivity index (χ0v) is 35.8. The molecule has 0 saturated heterocycles. The van der Waals surface area contributed by atoms with Gasteiger partial charge in [0.05, 0.1) is 17.0 Å². The molecule has 0 bridgehead atoms. The number of alkyl halides is 1. The molecule has 7 aliphatic rings. The average molecular weight is 828 g/mol. The van der Waals surface area contributed by atoms with Crippen LogP contribution in [-0.4, -0.2) is 45.3 Å². The summed E-state index contributed by atoms with van der Waals surface area (Å²) in [5, 5.41) is 7.92. The van der Waals surface area contributed by atoms with Gasteiger partial charge in [-0.15, -0.1) is 11.6 Å². The van der Waals surface area contributed by atoms with Gasteiger partial charge in [-0.2, -0.15) is 5.26 Å². The van der Waals surface area contributed by atoms with Crippen molar-refractivity contribution < 1.29 is 24.3 Å². The summed E-state index contributed by atoms with van der Waals surface area (Å²) >= 11 is 5.68. The minimum absolute atomic E-state index is 0. The van der Waals surface area contributed by atoms with Gasteiger partial charge in [0.25, 0.3) is 0 Å². The monoisotopic (exact) mass is 827 g/mol. The Hall–Kier alpha value is 0.193. The first-order chi connectivity index (χ1) is 24.2. The van der Waals surface area contributed by atoms with Crippen LogP contribution in [-0.2, 0) is 24.3 Å². The van der Waals surface area contributed by atoms with E-state index in [0.29, 0.717) is 27.0 Å². The van der Waals surface area contributed by atoms with Gasteiger partial charge >= 0.3 is 0 Å². The topological polar surface area (TPSA) is 40.9 Å². The van der Waals surface area contributed by atoms with E-state index in [9.17, 15) is 4.79 Å². The van der Waals surface area contributed by atoms with Gasteiger partial charge in [-0.3, -0.25) is 0 Å². The largest absolute Gasteiger partial charge is 0.233 e. The van der Waals surface area contributed by atoms with Crippen LogP contribution in [0.25, 0.3) is 0 Å². The van der Waals surface area contributed by atoms with Gasteiger partial charge in [0.1, 0.15) is 5.94 Å². The van der Waals surface area contributed by atoms with Crippen LogP contribution in [0.2, 0.25) is 0 Å². The van der Waals surface area contributed by atoms with Crippen LogP contribution in [0, 0.1) is 11.3 Å².